The number of aryl methyl sites for hydroxylation is 1. The van der Waals surface area contributed by atoms with Crippen LogP contribution in [0.15, 0.2) is 60.7 Å². The maximum Gasteiger partial charge on any atom is 0.189 e. The number of hydrogen-bond acceptors (Lipinski definition) is 3. The number of rotatable bonds is 4. The highest BCUT2D eigenvalue weighted by molar-refractivity contribution is 6.08. The maximum atomic E-state index is 12.7. The van der Waals surface area contributed by atoms with Gasteiger partial charge in [-0.3, -0.25) is 4.79 Å². The van der Waals surface area contributed by atoms with Crippen LogP contribution in [-0.2, 0) is 0 Å². The van der Waals surface area contributed by atoms with Crippen LogP contribution in [0.2, 0.25) is 0 Å². The smallest absolute Gasteiger partial charge is 0.189 e. The molecule has 0 aliphatic carbocycles. The van der Waals surface area contributed by atoms with E-state index in [0.717, 1.165) is 16.9 Å². The number of carbonyl (C=O) groups excluding carboxylic acids is 1. The van der Waals surface area contributed by atoms with Gasteiger partial charge in [0.25, 0.3) is 0 Å². The van der Waals surface area contributed by atoms with Crippen molar-refractivity contribution >= 4 is 11.9 Å². The Morgan fingerprint density at radius 2 is 1.88 bits per heavy atom. The molecule has 0 unspecified atom stereocenters. The Balaban J connectivity index is 1.91. The van der Waals surface area contributed by atoms with E-state index in [9.17, 15) is 4.79 Å². The zero-order chi connectivity index (χ0) is 17.8. The molecule has 0 bridgehead atoms. The van der Waals surface area contributed by atoms with E-state index in [1.54, 1.807) is 29.0 Å². The first-order chi connectivity index (χ1) is 12.1. The van der Waals surface area contributed by atoms with Crippen molar-refractivity contribution < 1.29 is 4.79 Å². The number of nitriles is 1. The van der Waals surface area contributed by atoms with E-state index >= 15 is 0 Å². The third kappa shape index (κ3) is 3.41. The van der Waals surface area contributed by atoms with Gasteiger partial charge in [-0.15, -0.1) is 0 Å². The first kappa shape index (κ1) is 16.4. The SMILES string of the molecule is Cc1nn(-c2ccccc2)c(C)c1C(=O)/C=C/c1cccc(C#N)c1. The third-order valence-corrected chi connectivity index (χ3v) is 3.98. The second kappa shape index (κ2) is 6.98. The fourth-order valence-corrected chi connectivity index (χ4v) is 2.79. The van der Waals surface area contributed by atoms with Gasteiger partial charge in [-0.1, -0.05) is 36.4 Å². The van der Waals surface area contributed by atoms with Crippen LogP contribution >= 0.6 is 0 Å². The predicted octanol–water partition coefficient (Wildman–Crippen LogP) is 4.26. The molecule has 0 fully saturated rings. The molecule has 122 valence electrons. The van der Waals surface area contributed by atoms with Gasteiger partial charge in [-0.25, -0.2) is 4.68 Å². The largest absolute Gasteiger partial charge is 0.289 e. The van der Waals surface area contributed by atoms with Crippen molar-refractivity contribution in [2.75, 3.05) is 0 Å². The van der Waals surface area contributed by atoms with Gasteiger partial charge in [0.2, 0.25) is 0 Å². The zero-order valence-corrected chi connectivity index (χ0v) is 14.1. The fourth-order valence-electron chi connectivity index (χ4n) is 2.79. The van der Waals surface area contributed by atoms with Crippen LogP contribution in [0.4, 0.5) is 0 Å². The Morgan fingerprint density at radius 1 is 1.12 bits per heavy atom. The van der Waals surface area contributed by atoms with Gasteiger partial charge in [0.05, 0.1) is 34.3 Å². The molecule has 1 heterocycles. The number of ketones is 1. The van der Waals surface area contributed by atoms with Crippen LogP contribution in [0.5, 0.6) is 0 Å². The Kier molecular flexibility index (Phi) is 4.58. The summed E-state index contributed by atoms with van der Waals surface area (Å²) in [6.07, 6.45) is 3.25. The van der Waals surface area contributed by atoms with Crippen molar-refractivity contribution in [2.24, 2.45) is 0 Å². The van der Waals surface area contributed by atoms with Crippen LogP contribution in [0.25, 0.3) is 11.8 Å². The molecule has 3 rings (SSSR count). The van der Waals surface area contributed by atoms with Crippen molar-refractivity contribution in [1.29, 1.82) is 5.26 Å². The minimum absolute atomic E-state index is 0.0976. The molecule has 0 aliphatic rings. The minimum atomic E-state index is -0.0976. The Bertz CT molecular complexity index is 992. The highest BCUT2D eigenvalue weighted by Gasteiger charge is 2.17. The maximum absolute atomic E-state index is 12.7. The second-order valence-corrected chi connectivity index (χ2v) is 5.73. The quantitative estimate of drug-likeness (QED) is 0.531. The van der Waals surface area contributed by atoms with Crippen LogP contribution in [0.3, 0.4) is 0 Å². The molecule has 4 heteroatoms. The van der Waals surface area contributed by atoms with Gasteiger partial charge < -0.3 is 0 Å². The fraction of sp³-hybridized carbons (Fsp3) is 0.0952. The summed E-state index contributed by atoms with van der Waals surface area (Å²) < 4.78 is 1.78. The molecule has 0 atom stereocenters. The van der Waals surface area contributed by atoms with E-state index in [1.165, 1.54) is 6.08 Å². The number of nitrogens with zero attached hydrogens (tertiary/aromatic N) is 3. The Hall–Kier alpha value is -3.45. The molecule has 3 aromatic rings. The highest BCUT2D eigenvalue weighted by atomic mass is 16.1. The van der Waals surface area contributed by atoms with Crippen LogP contribution < -0.4 is 0 Å². The van der Waals surface area contributed by atoms with Crippen LogP contribution in [0, 0.1) is 25.2 Å². The predicted molar refractivity (Wildman–Crippen MR) is 97.6 cm³/mol. The number of allylic oxidation sites excluding steroid dienone is 1. The van der Waals surface area contributed by atoms with Crippen molar-refractivity contribution in [1.82, 2.24) is 9.78 Å². The molecule has 1 aromatic heterocycles. The van der Waals surface area contributed by atoms with Gasteiger partial charge in [0, 0.05) is 0 Å². The first-order valence-corrected chi connectivity index (χ1v) is 7.94. The highest BCUT2D eigenvalue weighted by Crippen LogP contribution is 2.19. The van der Waals surface area contributed by atoms with Crippen molar-refractivity contribution in [2.45, 2.75) is 13.8 Å². The lowest BCUT2D eigenvalue weighted by Gasteiger charge is -2.04. The standard InChI is InChI=1S/C21H17N3O/c1-15-21(16(2)24(23-15)19-9-4-3-5-10-19)20(25)12-11-17-7-6-8-18(13-17)14-22/h3-13H,1-2H3/b12-11+. The number of aromatic nitrogens is 2. The van der Waals surface area contributed by atoms with E-state index in [2.05, 4.69) is 11.2 Å². The lowest BCUT2D eigenvalue weighted by Crippen LogP contribution is -2.01. The summed E-state index contributed by atoms with van der Waals surface area (Å²) in [6.45, 7) is 3.73. The van der Waals surface area contributed by atoms with Crippen LogP contribution in [0.1, 0.15) is 32.9 Å². The van der Waals surface area contributed by atoms with Crippen molar-refractivity contribution in [3.8, 4) is 11.8 Å². The molecule has 0 saturated heterocycles. The van der Waals surface area contributed by atoms with Crippen LogP contribution in [-0.4, -0.2) is 15.6 Å². The van der Waals surface area contributed by atoms with E-state index in [-0.39, 0.29) is 5.78 Å². The minimum Gasteiger partial charge on any atom is -0.289 e. The molecule has 2 aromatic carbocycles. The molecule has 4 nitrogen and oxygen atoms in total. The summed E-state index contributed by atoms with van der Waals surface area (Å²) in [4.78, 5) is 12.7. The summed E-state index contributed by atoms with van der Waals surface area (Å²) in [5.74, 6) is -0.0976. The Labute approximate surface area is 146 Å². The van der Waals surface area contributed by atoms with Gasteiger partial charge in [0.1, 0.15) is 0 Å². The Morgan fingerprint density at radius 3 is 2.60 bits per heavy atom. The zero-order valence-electron chi connectivity index (χ0n) is 14.1. The average molecular weight is 327 g/mol. The number of benzene rings is 2. The van der Waals surface area contributed by atoms with Gasteiger partial charge >= 0.3 is 0 Å². The monoisotopic (exact) mass is 327 g/mol. The van der Waals surface area contributed by atoms with E-state index in [0.29, 0.717) is 16.8 Å². The third-order valence-electron chi connectivity index (χ3n) is 3.98. The van der Waals surface area contributed by atoms with Gasteiger partial charge in [0.15, 0.2) is 5.78 Å². The summed E-state index contributed by atoms with van der Waals surface area (Å²) in [7, 11) is 0. The van der Waals surface area contributed by atoms with E-state index < -0.39 is 0 Å². The molecule has 0 aliphatic heterocycles. The molecular weight excluding hydrogens is 310 g/mol. The molecule has 25 heavy (non-hydrogen) atoms. The number of carbonyl (C=O) groups is 1. The van der Waals surface area contributed by atoms with Gasteiger partial charge in [-0.2, -0.15) is 10.4 Å². The second-order valence-electron chi connectivity index (χ2n) is 5.73. The molecule has 0 saturated carbocycles. The summed E-state index contributed by atoms with van der Waals surface area (Å²) >= 11 is 0. The number of para-hydroxylation sites is 1. The van der Waals surface area contributed by atoms with Crippen molar-refractivity contribution in [3.05, 3.63) is 88.8 Å². The van der Waals surface area contributed by atoms with Crippen molar-refractivity contribution in [3.63, 3.8) is 0 Å². The molecule has 0 radical (unpaired) electrons. The summed E-state index contributed by atoms with van der Waals surface area (Å²) in [6, 6.07) is 19.0. The van der Waals surface area contributed by atoms with E-state index in [4.69, 9.17) is 5.26 Å². The number of hydrogen-bond donors (Lipinski definition) is 0. The first-order valence-electron chi connectivity index (χ1n) is 7.94. The molecule has 0 N–H and O–H groups in total. The lowest BCUT2D eigenvalue weighted by molar-refractivity contribution is 0.104. The average Bonchev–Trinajstić information content (AvgIpc) is 2.95. The molecule has 0 spiro atoms. The lowest BCUT2D eigenvalue weighted by atomic mass is 10.1. The summed E-state index contributed by atoms with van der Waals surface area (Å²) in [5.41, 5.74) is 4.42. The molecule has 0 amide bonds. The normalized spacial score (nSPS) is 10.8. The van der Waals surface area contributed by atoms with Gasteiger partial charge in [-0.05, 0) is 49.8 Å². The topological polar surface area (TPSA) is 58.7 Å². The summed E-state index contributed by atoms with van der Waals surface area (Å²) in [5, 5.41) is 13.5. The molecular formula is C21H17N3O. The van der Waals surface area contributed by atoms with E-state index in [1.807, 2.05) is 50.2 Å².